The zero-order chi connectivity index (χ0) is 13.7. The van der Waals surface area contributed by atoms with E-state index in [1.807, 2.05) is 12.1 Å². The summed E-state index contributed by atoms with van der Waals surface area (Å²) in [5.41, 5.74) is 0. The Bertz CT molecular complexity index is 558. The van der Waals surface area contributed by atoms with Gasteiger partial charge in [-0.3, -0.25) is 4.79 Å². The predicted molar refractivity (Wildman–Crippen MR) is 79.8 cm³/mol. The Morgan fingerprint density at radius 3 is 2.95 bits per heavy atom. The van der Waals surface area contributed by atoms with Crippen molar-refractivity contribution in [3.05, 3.63) is 21.3 Å². The first-order chi connectivity index (χ1) is 9.13. The number of hydrogen-bond donors (Lipinski definition) is 2. The third-order valence-corrected chi connectivity index (χ3v) is 5.29. The average Bonchev–Trinajstić information content (AvgIpc) is 2.96. The molecule has 19 heavy (non-hydrogen) atoms. The lowest BCUT2D eigenvalue weighted by Crippen LogP contribution is -2.03. The largest absolute Gasteiger partial charge is 0.481 e. The molecule has 0 aromatic carbocycles. The van der Waals surface area contributed by atoms with E-state index < -0.39 is 5.97 Å². The van der Waals surface area contributed by atoms with Crippen molar-refractivity contribution in [2.24, 2.45) is 0 Å². The van der Waals surface area contributed by atoms with Crippen LogP contribution in [-0.4, -0.2) is 33.6 Å². The first kappa shape index (κ1) is 14.6. The van der Waals surface area contributed by atoms with Crippen LogP contribution in [0.2, 0.25) is 4.34 Å². The highest BCUT2D eigenvalue weighted by Crippen LogP contribution is 2.25. The summed E-state index contributed by atoms with van der Waals surface area (Å²) in [4.78, 5) is 11.6. The van der Waals surface area contributed by atoms with Crippen LogP contribution in [-0.2, 0) is 11.2 Å². The Morgan fingerprint density at radius 1 is 1.42 bits per heavy atom. The molecule has 0 radical (unpaired) electrons. The minimum Gasteiger partial charge on any atom is -0.481 e. The van der Waals surface area contributed by atoms with E-state index in [1.54, 1.807) is 11.3 Å². The highest BCUT2D eigenvalue weighted by Gasteiger charge is 2.07. The molecule has 0 saturated carbocycles. The molecule has 0 fully saturated rings. The maximum Gasteiger partial charge on any atom is 0.313 e. The van der Waals surface area contributed by atoms with Gasteiger partial charge in [-0.15, -0.1) is 21.5 Å². The van der Waals surface area contributed by atoms with Crippen molar-refractivity contribution in [1.82, 2.24) is 10.2 Å². The van der Waals surface area contributed by atoms with E-state index in [0.717, 1.165) is 17.3 Å². The lowest BCUT2D eigenvalue weighted by Gasteiger charge is -1.98. The van der Waals surface area contributed by atoms with Crippen LogP contribution in [0, 0.1) is 0 Å². The van der Waals surface area contributed by atoms with Crippen LogP contribution >= 0.6 is 46.0 Å². The number of carboxylic acid groups (broad SMARTS) is 1. The Kier molecular flexibility index (Phi) is 5.44. The fourth-order valence-electron chi connectivity index (χ4n) is 1.24. The number of thiophene rings is 1. The van der Waals surface area contributed by atoms with Crippen molar-refractivity contribution in [1.29, 1.82) is 0 Å². The summed E-state index contributed by atoms with van der Waals surface area (Å²) in [5, 5.41) is 20.3. The fourth-order valence-corrected chi connectivity index (χ4v) is 3.83. The number of anilines is 1. The lowest BCUT2D eigenvalue weighted by molar-refractivity contribution is -0.133. The summed E-state index contributed by atoms with van der Waals surface area (Å²) in [6.07, 6.45) is 0.870. The maximum absolute atomic E-state index is 10.4. The second kappa shape index (κ2) is 7.09. The van der Waals surface area contributed by atoms with Gasteiger partial charge in [0, 0.05) is 11.4 Å². The monoisotopic (exact) mass is 335 g/mol. The Balaban J connectivity index is 1.75. The standard InChI is InChI=1S/C10H10ClN3O2S3/c11-7-2-1-6(18-7)3-4-12-9-13-14-10(19-9)17-5-8(15)16/h1-2H,3-5H2,(H,12,13)(H,15,16). The van der Waals surface area contributed by atoms with Crippen LogP contribution < -0.4 is 5.32 Å². The maximum atomic E-state index is 10.4. The van der Waals surface area contributed by atoms with Gasteiger partial charge in [-0.05, 0) is 18.6 Å². The number of hydrogen-bond acceptors (Lipinski definition) is 7. The number of aromatic nitrogens is 2. The number of thioether (sulfide) groups is 1. The first-order valence-electron chi connectivity index (χ1n) is 5.29. The molecule has 2 heterocycles. The van der Waals surface area contributed by atoms with E-state index in [4.69, 9.17) is 16.7 Å². The molecule has 2 N–H and O–H groups in total. The van der Waals surface area contributed by atoms with Gasteiger partial charge in [0.1, 0.15) is 0 Å². The molecule has 5 nitrogen and oxygen atoms in total. The SMILES string of the molecule is O=C(O)CSc1nnc(NCCc2ccc(Cl)s2)s1. The molecular formula is C10H10ClN3O2S3. The van der Waals surface area contributed by atoms with E-state index >= 15 is 0 Å². The van der Waals surface area contributed by atoms with E-state index in [1.165, 1.54) is 28.0 Å². The smallest absolute Gasteiger partial charge is 0.313 e. The summed E-state index contributed by atoms with van der Waals surface area (Å²) in [7, 11) is 0. The van der Waals surface area contributed by atoms with Gasteiger partial charge < -0.3 is 10.4 Å². The van der Waals surface area contributed by atoms with Gasteiger partial charge in [-0.2, -0.15) is 0 Å². The highest BCUT2D eigenvalue weighted by atomic mass is 35.5. The molecule has 102 valence electrons. The van der Waals surface area contributed by atoms with Crippen LogP contribution in [0.15, 0.2) is 16.5 Å². The summed E-state index contributed by atoms with van der Waals surface area (Å²) in [5.74, 6) is -0.855. The van der Waals surface area contributed by atoms with Crippen LogP contribution in [0.3, 0.4) is 0 Å². The van der Waals surface area contributed by atoms with Crippen molar-refractivity contribution in [3.63, 3.8) is 0 Å². The number of carboxylic acids is 1. The van der Waals surface area contributed by atoms with Crippen molar-refractivity contribution >= 4 is 57.1 Å². The molecule has 0 spiro atoms. The van der Waals surface area contributed by atoms with E-state index in [2.05, 4.69) is 15.5 Å². The highest BCUT2D eigenvalue weighted by molar-refractivity contribution is 8.01. The molecule has 0 aliphatic heterocycles. The third kappa shape index (κ3) is 4.98. The van der Waals surface area contributed by atoms with Crippen LogP contribution in [0.5, 0.6) is 0 Å². The van der Waals surface area contributed by atoms with E-state index in [9.17, 15) is 4.79 Å². The summed E-state index contributed by atoms with van der Waals surface area (Å²) in [6.45, 7) is 0.745. The lowest BCUT2D eigenvalue weighted by atomic mass is 10.3. The molecule has 0 bridgehead atoms. The molecule has 0 atom stereocenters. The van der Waals surface area contributed by atoms with Crippen molar-refractivity contribution in [2.75, 3.05) is 17.6 Å². The Morgan fingerprint density at radius 2 is 2.26 bits per heavy atom. The summed E-state index contributed by atoms with van der Waals surface area (Å²) in [6, 6.07) is 3.88. The number of nitrogens with one attached hydrogen (secondary N) is 1. The molecule has 9 heteroatoms. The molecule has 0 aliphatic rings. The summed E-state index contributed by atoms with van der Waals surface area (Å²) < 4.78 is 1.45. The predicted octanol–water partition coefficient (Wildman–Crippen LogP) is 3.08. The molecule has 0 aliphatic carbocycles. The molecule has 0 saturated heterocycles. The van der Waals surface area contributed by atoms with Gasteiger partial charge in [0.15, 0.2) is 4.34 Å². The van der Waals surface area contributed by atoms with Crippen LogP contribution in [0.25, 0.3) is 0 Å². The third-order valence-electron chi connectivity index (χ3n) is 2.00. The number of aliphatic carboxylic acids is 1. The second-order valence-electron chi connectivity index (χ2n) is 3.44. The number of nitrogens with zero attached hydrogens (tertiary/aromatic N) is 2. The Labute approximate surface area is 127 Å². The van der Waals surface area contributed by atoms with E-state index in [0.29, 0.717) is 9.47 Å². The molecule has 0 amide bonds. The second-order valence-corrected chi connectivity index (χ2v) is 7.44. The Hall–Kier alpha value is -0.830. The molecule has 2 aromatic heterocycles. The van der Waals surface area contributed by atoms with Gasteiger partial charge in [-0.1, -0.05) is 34.7 Å². The van der Waals surface area contributed by atoms with Crippen molar-refractivity contribution in [2.45, 2.75) is 10.8 Å². The minimum atomic E-state index is -0.857. The zero-order valence-corrected chi connectivity index (χ0v) is 12.8. The zero-order valence-electron chi connectivity index (χ0n) is 9.63. The van der Waals surface area contributed by atoms with Gasteiger partial charge >= 0.3 is 5.97 Å². The van der Waals surface area contributed by atoms with Crippen molar-refractivity contribution < 1.29 is 9.90 Å². The number of rotatable bonds is 7. The van der Waals surface area contributed by atoms with Gasteiger partial charge in [0.05, 0.1) is 10.1 Å². The molecule has 2 aromatic rings. The van der Waals surface area contributed by atoms with Crippen molar-refractivity contribution in [3.8, 4) is 0 Å². The van der Waals surface area contributed by atoms with Gasteiger partial charge in [0.25, 0.3) is 0 Å². The molecule has 2 rings (SSSR count). The van der Waals surface area contributed by atoms with Crippen LogP contribution in [0.4, 0.5) is 5.13 Å². The summed E-state index contributed by atoms with van der Waals surface area (Å²) >= 11 is 9.94. The normalized spacial score (nSPS) is 10.6. The van der Waals surface area contributed by atoms with Gasteiger partial charge in [-0.25, -0.2) is 0 Å². The van der Waals surface area contributed by atoms with Crippen LogP contribution in [0.1, 0.15) is 4.88 Å². The van der Waals surface area contributed by atoms with E-state index in [-0.39, 0.29) is 5.75 Å². The molecule has 0 unspecified atom stereocenters. The quantitative estimate of drug-likeness (QED) is 0.757. The molecular weight excluding hydrogens is 326 g/mol. The first-order valence-corrected chi connectivity index (χ1v) is 8.29. The average molecular weight is 336 g/mol. The number of halogens is 1. The topological polar surface area (TPSA) is 75.1 Å². The number of carbonyl (C=O) groups is 1. The fraction of sp³-hybridized carbons (Fsp3) is 0.300. The minimum absolute atomic E-state index is 0.00231. The van der Waals surface area contributed by atoms with Gasteiger partial charge in [0.2, 0.25) is 5.13 Å².